The number of rotatable bonds is 8. The zero-order chi connectivity index (χ0) is 17.5. The van der Waals surface area contributed by atoms with Crippen LogP contribution >= 0.6 is 11.3 Å². The maximum Gasteiger partial charge on any atom is 0.203 e. The van der Waals surface area contributed by atoms with Crippen LogP contribution in [0.3, 0.4) is 0 Å². The van der Waals surface area contributed by atoms with Crippen molar-refractivity contribution in [3.05, 3.63) is 45.7 Å². The van der Waals surface area contributed by atoms with E-state index in [1.807, 2.05) is 18.2 Å². The molecule has 0 aliphatic rings. The van der Waals surface area contributed by atoms with E-state index in [1.165, 1.54) is 4.88 Å². The van der Waals surface area contributed by atoms with Gasteiger partial charge in [-0.05, 0) is 42.8 Å². The standard InChI is InChI=1S/C19H22O4S/c1-5-6-14-9-12-17(24-14)15(20)10-7-13-8-11-16(21-2)19(23-4)18(13)22-3/h7-12H,5-6H2,1-4H3/b10-7+. The summed E-state index contributed by atoms with van der Waals surface area (Å²) in [6.07, 6.45) is 5.38. The molecule has 0 saturated heterocycles. The first-order valence-electron chi connectivity index (χ1n) is 7.74. The molecule has 0 atom stereocenters. The summed E-state index contributed by atoms with van der Waals surface area (Å²) in [5.74, 6) is 1.62. The van der Waals surface area contributed by atoms with Gasteiger partial charge in [-0.2, -0.15) is 0 Å². The highest BCUT2D eigenvalue weighted by Gasteiger charge is 2.14. The van der Waals surface area contributed by atoms with E-state index >= 15 is 0 Å². The number of methoxy groups -OCH3 is 3. The van der Waals surface area contributed by atoms with E-state index in [2.05, 4.69) is 6.92 Å². The molecule has 0 unspecified atom stereocenters. The minimum atomic E-state index is -0.0146. The fraction of sp³-hybridized carbons (Fsp3) is 0.316. The Kier molecular flexibility index (Phi) is 6.44. The Labute approximate surface area is 146 Å². The van der Waals surface area contributed by atoms with Crippen molar-refractivity contribution in [3.63, 3.8) is 0 Å². The van der Waals surface area contributed by atoms with E-state index in [0.717, 1.165) is 23.3 Å². The van der Waals surface area contributed by atoms with Crippen LogP contribution in [0.5, 0.6) is 17.2 Å². The maximum atomic E-state index is 12.3. The highest BCUT2D eigenvalue weighted by atomic mass is 32.1. The third kappa shape index (κ3) is 3.97. The molecular formula is C19H22O4S. The molecule has 0 amide bonds. The van der Waals surface area contributed by atoms with Crippen molar-refractivity contribution in [3.8, 4) is 17.2 Å². The third-order valence-corrected chi connectivity index (χ3v) is 4.71. The number of carbonyl (C=O) groups is 1. The van der Waals surface area contributed by atoms with Crippen LogP contribution in [0.15, 0.2) is 30.3 Å². The SMILES string of the molecule is CCCc1ccc(C(=O)/C=C/c2ccc(OC)c(OC)c2OC)s1. The molecule has 128 valence electrons. The van der Waals surface area contributed by atoms with Crippen LogP contribution in [-0.2, 0) is 6.42 Å². The minimum absolute atomic E-state index is 0.0146. The largest absolute Gasteiger partial charge is 0.493 e. The van der Waals surface area contributed by atoms with Gasteiger partial charge in [0.05, 0.1) is 26.2 Å². The molecule has 0 saturated carbocycles. The summed E-state index contributed by atoms with van der Waals surface area (Å²) in [6.45, 7) is 2.13. The summed E-state index contributed by atoms with van der Waals surface area (Å²) < 4.78 is 16.0. The number of thiophene rings is 1. The van der Waals surface area contributed by atoms with Gasteiger partial charge in [0.25, 0.3) is 0 Å². The van der Waals surface area contributed by atoms with Crippen molar-refractivity contribution < 1.29 is 19.0 Å². The lowest BCUT2D eigenvalue weighted by Gasteiger charge is -2.13. The van der Waals surface area contributed by atoms with Crippen LogP contribution in [0, 0.1) is 0 Å². The van der Waals surface area contributed by atoms with Gasteiger partial charge >= 0.3 is 0 Å². The van der Waals surface area contributed by atoms with Crippen LogP contribution < -0.4 is 14.2 Å². The van der Waals surface area contributed by atoms with Crippen LogP contribution in [0.4, 0.5) is 0 Å². The Morgan fingerprint density at radius 1 is 1.04 bits per heavy atom. The van der Waals surface area contributed by atoms with Gasteiger partial charge in [0.15, 0.2) is 17.3 Å². The molecule has 1 heterocycles. The molecule has 0 N–H and O–H groups in total. The number of hydrogen-bond acceptors (Lipinski definition) is 5. The number of aryl methyl sites for hydroxylation is 1. The fourth-order valence-corrected chi connectivity index (χ4v) is 3.42. The molecule has 0 aliphatic carbocycles. The van der Waals surface area contributed by atoms with E-state index in [-0.39, 0.29) is 5.78 Å². The number of ether oxygens (including phenoxy) is 3. The van der Waals surface area contributed by atoms with Gasteiger partial charge in [0, 0.05) is 10.4 Å². The molecule has 2 aromatic rings. The van der Waals surface area contributed by atoms with Crippen LogP contribution in [-0.4, -0.2) is 27.1 Å². The molecule has 0 bridgehead atoms. The summed E-state index contributed by atoms with van der Waals surface area (Å²) in [4.78, 5) is 14.3. The summed E-state index contributed by atoms with van der Waals surface area (Å²) in [5, 5.41) is 0. The van der Waals surface area contributed by atoms with Gasteiger partial charge in [0.2, 0.25) is 5.75 Å². The second-order valence-corrected chi connectivity index (χ2v) is 6.31. The van der Waals surface area contributed by atoms with Crippen molar-refractivity contribution in [2.75, 3.05) is 21.3 Å². The van der Waals surface area contributed by atoms with Crippen LogP contribution in [0.25, 0.3) is 6.08 Å². The predicted octanol–water partition coefficient (Wildman–Crippen LogP) is 4.62. The average molecular weight is 346 g/mol. The molecule has 2 rings (SSSR count). The van der Waals surface area contributed by atoms with Crippen LogP contribution in [0.2, 0.25) is 0 Å². The molecular weight excluding hydrogens is 324 g/mol. The number of benzene rings is 1. The summed E-state index contributed by atoms with van der Waals surface area (Å²) in [6, 6.07) is 7.53. The maximum absolute atomic E-state index is 12.3. The molecule has 0 fully saturated rings. The second-order valence-electron chi connectivity index (χ2n) is 5.14. The quantitative estimate of drug-likeness (QED) is 0.517. The molecule has 24 heavy (non-hydrogen) atoms. The van der Waals surface area contributed by atoms with Gasteiger partial charge in [0.1, 0.15) is 0 Å². The molecule has 4 nitrogen and oxygen atoms in total. The topological polar surface area (TPSA) is 44.8 Å². The van der Waals surface area contributed by atoms with E-state index < -0.39 is 0 Å². The first-order valence-corrected chi connectivity index (χ1v) is 8.56. The summed E-state index contributed by atoms with van der Waals surface area (Å²) in [5.41, 5.74) is 0.758. The molecule has 1 aromatic heterocycles. The van der Waals surface area contributed by atoms with Crippen LogP contribution in [0.1, 0.15) is 33.5 Å². The smallest absolute Gasteiger partial charge is 0.203 e. The minimum Gasteiger partial charge on any atom is -0.493 e. The number of hydrogen-bond donors (Lipinski definition) is 0. The predicted molar refractivity (Wildman–Crippen MR) is 97.8 cm³/mol. The highest BCUT2D eigenvalue weighted by molar-refractivity contribution is 7.14. The normalized spacial score (nSPS) is 10.8. The van der Waals surface area contributed by atoms with E-state index in [4.69, 9.17) is 14.2 Å². The van der Waals surface area contributed by atoms with Crippen molar-refractivity contribution in [2.45, 2.75) is 19.8 Å². The molecule has 5 heteroatoms. The monoisotopic (exact) mass is 346 g/mol. The fourth-order valence-electron chi connectivity index (χ4n) is 2.39. The Morgan fingerprint density at radius 3 is 2.42 bits per heavy atom. The Balaban J connectivity index is 2.25. The van der Waals surface area contributed by atoms with Gasteiger partial charge in [-0.3, -0.25) is 4.79 Å². The van der Waals surface area contributed by atoms with E-state index in [9.17, 15) is 4.79 Å². The molecule has 0 radical (unpaired) electrons. The lowest BCUT2D eigenvalue weighted by Crippen LogP contribution is -1.97. The second kappa shape index (κ2) is 8.55. The first-order chi connectivity index (χ1) is 11.6. The van der Waals surface area contributed by atoms with E-state index in [0.29, 0.717) is 17.2 Å². The zero-order valence-corrected chi connectivity index (χ0v) is 15.2. The number of carbonyl (C=O) groups excluding carboxylic acids is 1. The molecule has 1 aromatic carbocycles. The van der Waals surface area contributed by atoms with Gasteiger partial charge in [-0.15, -0.1) is 11.3 Å². The van der Waals surface area contributed by atoms with Crippen molar-refractivity contribution in [1.82, 2.24) is 0 Å². The Morgan fingerprint density at radius 2 is 1.79 bits per heavy atom. The Bertz CT molecular complexity index is 731. The summed E-state index contributed by atoms with van der Waals surface area (Å²) in [7, 11) is 4.69. The van der Waals surface area contributed by atoms with Gasteiger partial charge in [-0.1, -0.05) is 13.3 Å². The van der Waals surface area contributed by atoms with E-state index in [1.54, 1.807) is 50.9 Å². The van der Waals surface area contributed by atoms with Crippen molar-refractivity contribution in [2.24, 2.45) is 0 Å². The lowest BCUT2D eigenvalue weighted by atomic mass is 10.1. The lowest BCUT2D eigenvalue weighted by molar-refractivity contribution is 0.105. The molecule has 0 aliphatic heterocycles. The average Bonchev–Trinajstić information content (AvgIpc) is 3.07. The number of allylic oxidation sites excluding steroid dienone is 1. The van der Waals surface area contributed by atoms with Crippen molar-refractivity contribution >= 4 is 23.2 Å². The van der Waals surface area contributed by atoms with Crippen molar-refractivity contribution in [1.29, 1.82) is 0 Å². The first kappa shape index (κ1) is 18.1. The zero-order valence-electron chi connectivity index (χ0n) is 14.4. The van der Waals surface area contributed by atoms with Gasteiger partial charge in [-0.25, -0.2) is 0 Å². The Hall–Kier alpha value is -2.27. The molecule has 0 spiro atoms. The number of ketones is 1. The summed E-state index contributed by atoms with van der Waals surface area (Å²) >= 11 is 1.55. The van der Waals surface area contributed by atoms with Gasteiger partial charge < -0.3 is 14.2 Å². The third-order valence-electron chi connectivity index (χ3n) is 3.55. The highest BCUT2D eigenvalue weighted by Crippen LogP contribution is 2.40.